The predicted molar refractivity (Wildman–Crippen MR) is 132 cm³/mol. The van der Waals surface area contributed by atoms with E-state index >= 15 is 0 Å². The minimum atomic E-state index is -1.03. The molecule has 3 saturated heterocycles. The summed E-state index contributed by atoms with van der Waals surface area (Å²) in [6, 6.07) is 6.86. The molecule has 2 N–H and O–H groups in total. The normalized spacial score (nSPS) is 27.8. The van der Waals surface area contributed by atoms with Gasteiger partial charge in [0, 0.05) is 37.2 Å². The largest absolute Gasteiger partial charge is 0.485 e. The van der Waals surface area contributed by atoms with Crippen molar-refractivity contribution in [2.45, 2.75) is 56.7 Å². The van der Waals surface area contributed by atoms with E-state index in [1.807, 2.05) is 31.2 Å². The quantitative estimate of drug-likeness (QED) is 0.569. The fraction of sp³-hybridized carbons (Fsp3) is 0.480. The lowest BCUT2D eigenvalue weighted by atomic mass is 9.76. The topological polar surface area (TPSA) is 103 Å². The molecule has 2 bridgehead atoms. The summed E-state index contributed by atoms with van der Waals surface area (Å²) in [6.07, 6.45) is 3.21. The molecule has 3 aliphatic heterocycles. The summed E-state index contributed by atoms with van der Waals surface area (Å²) in [5.41, 5.74) is 1.81. The van der Waals surface area contributed by atoms with Gasteiger partial charge in [-0.05, 0) is 55.5 Å². The summed E-state index contributed by atoms with van der Waals surface area (Å²) >= 11 is 12.7. The van der Waals surface area contributed by atoms with E-state index in [9.17, 15) is 19.8 Å². The standard InChI is InChI=1S/C25H27Cl2N3O5/c1-13-8-18(26)23(19(27)9-13)35-16-6-7-29(12-16)21-5-2-14(11-28-21)17-10-15-3-4-20(22(17)24(31)32)30(15)25(33)34/h2,5,8-9,11,15-17,20,22H,3-4,6-7,10,12H2,1H3,(H,31,32)(H,33,34)/t15-,16+,17-,20+,22-/m0/s1. The average molecular weight is 520 g/mol. The highest BCUT2D eigenvalue weighted by Gasteiger charge is 2.52. The van der Waals surface area contributed by atoms with Gasteiger partial charge in [0.2, 0.25) is 0 Å². The van der Waals surface area contributed by atoms with Crippen molar-refractivity contribution < 1.29 is 24.5 Å². The molecular weight excluding hydrogens is 493 g/mol. The number of carbonyl (C=O) groups is 2. The Kier molecular flexibility index (Phi) is 6.44. The van der Waals surface area contributed by atoms with Crippen molar-refractivity contribution in [2.24, 2.45) is 5.92 Å². The number of aromatic nitrogens is 1. The van der Waals surface area contributed by atoms with Crippen LogP contribution in [0.2, 0.25) is 10.0 Å². The molecule has 35 heavy (non-hydrogen) atoms. The van der Waals surface area contributed by atoms with Crippen LogP contribution in [0.1, 0.15) is 42.7 Å². The van der Waals surface area contributed by atoms with Gasteiger partial charge in [-0.1, -0.05) is 29.3 Å². The van der Waals surface area contributed by atoms with E-state index in [1.165, 1.54) is 4.90 Å². The molecular formula is C25H27Cl2N3O5. The summed E-state index contributed by atoms with van der Waals surface area (Å²) in [7, 11) is 0. The van der Waals surface area contributed by atoms with Gasteiger partial charge in [0.1, 0.15) is 11.9 Å². The number of piperidine rings is 1. The van der Waals surface area contributed by atoms with Crippen LogP contribution in [0.5, 0.6) is 5.75 Å². The van der Waals surface area contributed by atoms with E-state index < -0.39 is 24.0 Å². The maximum absolute atomic E-state index is 12.1. The number of nitrogens with zero attached hydrogens (tertiary/aromatic N) is 3. The van der Waals surface area contributed by atoms with Gasteiger partial charge < -0.3 is 24.7 Å². The lowest BCUT2D eigenvalue weighted by Crippen LogP contribution is -2.52. The van der Waals surface area contributed by atoms with Crippen LogP contribution >= 0.6 is 23.2 Å². The van der Waals surface area contributed by atoms with Gasteiger partial charge in [0.15, 0.2) is 5.75 Å². The van der Waals surface area contributed by atoms with Gasteiger partial charge in [-0.25, -0.2) is 9.78 Å². The van der Waals surface area contributed by atoms with Crippen LogP contribution in [-0.2, 0) is 4.79 Å². The Balaban J connectivity index is 1.28. The average Bonchev–Trinajstić information content (AvgIpc) is 3.39. The summed E-state index contributed by atoms with van der Waals surface area (Å²) in [4.78, 5) is 32.0. The predicted octanol–water partition coefficient (Wildman–Crippen LogP) is 5.05. The van der Waals surface area contributed by atoms with Gasteiger partial charge in [-0.15, -0.1) is 0 Å². The number of ether oxygens (including phenoxy) is 1. The Labute approximate surface area is 213 Å². The van der Waals surface area contributed by atoms with Crippen LogP contribution in [0.4, 0.5) is 10.6 Å². The van der Waals surface area contributed by atoms with Crippen molar-refractivity contribution in [1.29, 1.82) is 0 Å². The van der Waals surface area contributed by atoms with Crippen LogP contribution in [0, 0.1) is 12.8 Å². The van der Waals surface area contributed by atoms with E-state index in [0.717, 1.165) is 29.9 Å². The summed E-state index contributed by atoms with van der Waals surface area (Å²) in [5, 5.41) is 20.5. The lowest BCUT2D eigenvalue weighted by Gasteiger charge is -2.41. The van der Waals surface area contributed by atoms with Gasteiger partial charge in [0.25, 0.3) is 0 Å². The second-order valence-electron chi connectivity index (χ2n) is 9.68. The lowest BCUT2D eigenvalue weighted by molar-refractivity contribution is -0.146. The Bertz CT molecular complexity index is 1120. The summed E-state index contributed by atoms with van der Waals surface area (Å²) in [6.45, 7) is 3.32. The molecule has 1 aromatic carbocycles. The number of hydrogen-bond acceptors (Lipinski definition) is 5. The van der Waals surface area contributed by atoms with Crippen LogP contribution in [-0.4, -0.2) is 63.4 Å². The second kappa shape index (κ2) is 9.39. The minimum Gasteiger partial charge on any atom is -0.485 e. The molecule has 10 heteroatoms. The van der Waals surface area contributed by atoms with E-state index in [0.29, 0.717) is 41.6 Å². The molecule has 0 unspecified atom stereocenters. The third-order valence-electron chi connectivity index (χ3n) is 7.52. The molecule has 1 aromatic heterocycles. The summed E-state index contributed by atoms with van der Waals surface area (Å²) in [5.74, 6) is -0.702. The van der Waals surface area contributed by atoms with E-state index in [-0.39, 0.29) is 18.1 Å². The maximum atomic E-state index is 12.1. The SMILES string of the molecule is Cc1cc(Cl)c(O[C@@H]2CCN(c3ccc([C@@H]4C[C@@H]5CC[C@H]([C@H]4C(=O)O)N5C(=O)O)cn3)C2)c(Cl)c1. The number of halogens is 2. The Morgan fingerprint density at radius 2 is 1.86 bits per heavy atom. The number of benzene rings is 1. The van der Waals surface area contributed by atoms with Crippen LogP contribution in [0.15, 0.2) is 30.5 Å². The van der Waals surface area contributed by atoms with Gasteiger partial charge >= 0.3 is 12.1 Å². The van der Waals surface area contributed by atoms with Crippen molar-refractivity contribution in [2.75, 3.05) is 18.0 Å². The number of fused-ring (bicyclic) bond motifs is 2. The Hall–Kier alpha value is -2.71. The first-order chi connectivity index (χ1) is 16.7. The number of hydrogen-bond donors (Lipinski definition) is 2. The monoisotopic (exact) mass is 519 g/mol. The Morgan fingerprint density at radius 1 is 1.11 bits per heavy atom. The van der Waals surface area contributed by atoms with Crippen molar-refractivity contribution in [1.82, 2.24) is 9.88 Å². The van der Waals surface area contributed by atoms with Gasteiger partial charge in [-0.2, -0.15) is 0 Å². The molecule has 5 atom stereocenters. The number of aryl methyl sites for hydroxylation is 1. The van der Waals surface area contributed by atoms with E-state index in [1.54, 1.807) is 6.20 Å². The highest BCUT2D eigenvalue weighted by atomic mass is 35.5. The molecule has 186 valence electrons. The highest BCUT2D eigenvalue weighted by molar-refractivity contribution is 6.37. The minimum absolute atomic E-state index is 0.0819. The third kappa shape index (κ3) is 4.49. The molecule has 0 saturated carbocycles. The Morgan fingerprint density at radius 3 is 2.49 bits per heavy atom. The summed E-state index contributed by atoms with van der Waals surface area (Å²) < 4.78 is 6.11. The van der Waals surface area contributed by atoms with E-state index in [4.69, 9.17) is 27.9 Å². The van der Waals surface area contributed by atoms with Crippen molar-refractivity contribution >= 4 is 41.1 Å². The van der Waals surface area contributed by atoms with Crippen molar-refractivity contribution in [3.05, 3.63) is 51.6 Å². The second-order valence-corrected chi connectivity index (χ2v) is 10.5. The van der Waals surface area contributed by atoms with Gasteiger partial charge in [-0.3, -0.25) is 4.79 Å². The molecule has 3 aliphatic rings. The first-order valence-electron chi connectivity index (χ1n) is 11.8. The first-order valence-corrected chi connectivity index (χ1v) is 12.6. The zero-order valence-corrected chi connectivity index (χ0v) is 20.7. The molecule has 5 rings (SSSR count). The number of aliphatic carboxylic acids is 1. The third-order valence-corrected chi connectivity index (χ3v) is 8.08. The van der Waals surface area contributed by atoms with Gasteiger partial charge in [0.05, 0.1) is 22.5 Å². The molecule has 8 nitrogen and oxygen atoms in total. The molecule has 0 aliphatic carbocycles. The van der Waals surface area contributed by atoms with Crippen LogP contribution < -0.4 is 9.64 Å². The van der Waals surface area contributed by atoms with Crippen molar-refractivity contribution in [3.63, 3.8) is 0 Å². The number of amides is 1. The number of rotatable bonds is 5. The molecule has 1 amide bonds. The van der Waals surface area contributed by atoms with Crippen LogP contribution in [0.3, 0.4) is 0 Å². The molecule has 4 heterocycles. The van der Waals surface area contributed by atoms with Crippen LogP contribution in [0.25, 0.3) is 0 Å². The molecule has 0 radical (unpaired) electrons. The first kappa shape index (κ1) is 24.0. The fourth-order valence-electron chi connectivity index (χ4n) is 5.98. The number of carboxylic acids is 1. The molecule has 2 aromatic rings. The zero-order chi connectivity index (χ0) is 24.9. The number of anilines is 1. The highest BCUT2D eigenvalue weighted by Crippen LogP contribution is 2.47. The zero-order valence-electron chi connectivity index (χ0n) is 19.2. The smallest absolute Gasteiger partial charge is 0.407 e. The van der Waals surface area contributed by atoms with E-state index in [2.05, 4.69) is 9.88 Å². The van der Waals surface area contributed by atoms with Crippen molar-refractivity contribution in [3.8, 4) is 5.75 Å². The maximum Gasteiger partial charge on any atom is 0.407 e. The number of carboxylic acid groups (broad SMARTS) is 2. The number of pyridine rings is 1. The fourth-order valence-corrected chi connectivity index (χ4v) is 6.67. The molecule has 0 spiro atoms. The molecule has 3 fully saturated rings.